The largest absolute Gasteiger partial charge is 0.481 e. The minimum atomic E-state index is -1.09. The van der Waals surface area contributed by atoms with E-state index >= 15 is 0 Å². The molecule has 3 N–H and O–H groups in total. The van der Waals surface area contributed by atoms with Gasteiger partial charge < -0.3 is 20.3 Å². The van der Waals surface area contributed by atoms with Crippen molar-refractivity contribution in [3.63, 3.8) is 0 Å². The number of hydrogen-bond donors (Lipinski definition) is 2. The van der Waals surface area contributed by atoms with Crippen LogP contribution in [-0.4, -0.2) is 22.2 Å². The van der Waals surface area contributed by atoms with E-state index in [9.17, 15) is 5.11 Å². The van der Waals surface area contributed by atoms with Gasteiger partial charge in [0.05, 0.1) is 13.2 Å². The first-order valence-electron chi connectivity index (χ1n) is 6.60. The Kier molecular flexibility index (Phi) is 4.81. The van der Waals surface area contributed by atoms with Gasteiger partial charge in [0.2, 0.25) is 11.8 Å². The van der Waals surface area contributed by atoms with Crippen LogP contribution < -0.4 is 15.2 Å². The van der Waals surface area contributed by atoms with Crippen LogP contribution in [-0.2, 0) is 0 Å². The SMILES string of the molecule is CC#COc1cc(OC)nc(C(O)c2cc(C)ccc2N)n1. The number of rotatable bonds is 4. The number of nitrogens with two attached hydrogens (primary N) is 1. The Morgan fingerprint density at radius 1 is 1.23 bits per heavy atom. The number of nitrogen functional groups attached to an aromatic ring is 1. The van der Waals surface area contributed by atoms with Crippen molar-refractivity contribution in [3.05, 3.63) is 41.2 Å². The summed E-state index contributed by atoms with van der Waals surface area (Å²) in [5.74, 6) is 3.19. The molecule has 1 heterocycles. The number of nitrogens with zero attached hydrogens (tertiary/aromatic N) is 2. The van der Waals surface area contributed by atoms with E-state index in [0.717, 1.165) is 5.56 Å². The number of aromatic nitrogens is 2. The molecule has 0 fully saturated rings. The fraction of sp³-hybridized carbons (Fsp3) is 0.250. The molecule has 1 aromatic heterocycles. The Labute approximate surface area is 128 Å². The Bertz CT molecular complexity index is 735. The van der Waals surface area contributed by atoms with E-state index in [1.165, 1.54) is 13.2 Å². The maximum absolute atomic E-state index is 10.5. The van der Waals surface area contributed by atoms with Crippen molar-refractivity contribution in [3.8, 4) is 23.8 Å². The van der Waals surface area contributed by atoms with E-state index in [1.54, 1.807) is 19.1 Å². The number of aliphatic hydroxyl groups is 1. The number of aryl methyl sites for hydroxylation is 1. The average molecular weight is 299 g/mol. The molecule has 0 spiro atoms. The Morgan fingerprint density at radius 3 is 2.64 bits per heavy atom. The highest BCUT2D eigenvalue weighted by molar-refractivity contribution is 5.51. The lowest BCUT2D eigenvalue weighted by Gasteiger charge is -2.14. The van der Waals surface area contributed by atoms with E-state index in [4.69, 9.17) is 15.2 Å². The van der Waals surface area contributed by atoms with E-state index in [0.29, 0.717) is 11.3 Å². The van der Waals surface area contributed by atoms with Crippen LogP contribution in [0.1, 0.15) is 30.0 Å². The first kappa shape index (κ1) is 15.6. The number of methoxy groups -OCH3 is 1. The Morgan fingerprint density at radius 2 is 1.95 bits per heavy atom. The summed E-state index contributed by atoms with van der Waals surface area (Å²) in [5, 5.41) is 10.5. The van der Waals surface area contributed by atoms with Gasteiger partial charge in [0.1, 0.15) is 12.2 Å². The molecule has 22 heavy (non-hydrogen) atoms. The minimum absolute atomic E-state index is 0.129. The number of aliphatic hydroxyl groups excluding tert-OH is 1. The highest BCUT2D eigenvalue weighted by atomic mass is 16.5. The van der Waals surface area contributed by atoms with Crippen LogP contribution in [0.4, 0.5) is 5.69 Å². The van der Waals surface area contributed by atoms with Gasteiger partial charge in [-0.05, 0) is 13.0 Å². The molecule has 0 saturated carbocycles. The Balaban J connectivity index is 2.45. The molecule has 0 amide bonds. The standard InChI is InChI=1S/C16H17N3O3/c1-4-7-22-14-9-13(21-3)18-16(19-14)15(20)11-8-10(2)5-6-12(11)17/h5-6,8-9,15,20H,17H2,1-3H3. The summed E-state index contributed by atoms with van der Waals surface area (Å²) in [5.41, 5.74) is 7.87. The molecule has 0 aliphatic rings. The first-order valence-corrected chi connectivity index (χ1v) is 6.60. The van der Waals surface area contributed by atoms with Gasteiger partial charge in [-0.3, -0.25) is 0 Å². The molecule has 6 nitrogen and oxygen atoms in total. The molecule has 114 valence electrons. The molecule has 1 atom stereocenters. The summed E-state index contributed by atoms with van der Waals surface area (Å²) in [4.78, 5) is 8.28. The predicted octanol–water partition coefficient (Wildman–Crippen LogP) is 1.82. The number of ether oxygens (including phenoxy) is 2. The fourth-order valence-corrected chi connectivity index (χ4v) is 1.87. The van der Waals surface area contributed by atoms with Crippen molar-refractivity contribution in [1.29, 1.82) is 0 Å². The summed E-state index contributed by atoms with van der Waals surface area (Å²) >= 11 is 0. The molecule has 0 aliphatic heterocycles. The lowest BCUT2D eigenvalue weighted by molar-refractivity contribution is 0.207. The average Bonchev–Trinajstić information content (AvgIpc) is 2.54. The maximum atomic E-state index is 10.5. The van der Waals surface area contributed by atoms with Crippen LogP contribution in [0.15, 0.2) is 24.3 Å². The van der Waals surface area contributed by atoms with E-state index in [2.05, 4.69) is 22.0 Å². The zero-order chi connectivity index (χ0) is 16.1. The van der Waals surface area contributed by atoms with Crippen molar-refractivity contribution in [2.45, 2.75) is 20.0 Å². The van der Waals surface area contributed by atoms with Crippen LogP contribution in [0.3, 0.4) is 0 Å². The normalized spacial score (nSPS) is 11.3. The number of hydrogen-bond acceptors (Lipinski definition) is 6. The zero-order valence-electron chi connectivity index (χ0n) is 12.6. The summed E-state index contributed by atoms with van der Waals surface area (Å²) in [6.07, 6.45) is 1.35. The van der Waals surface area contributed by atoms with E-state index < -0.39 is 6.10 Å². The second kappa shape index (κ2) is 6.78. The molecule has 0 bridgehead atoms. The predicted molar refractivity (Wildman–Crippen MR) is 82.3 cm³/mol. The van der Waals surface area contributed by atoms with Crippen LogP contribution in [0.25, 0.3) is 0 Å². The summed E-state index contributed by atoms with van der Waals surface area (Å²) in [6, 6.07) is 6.87. The maximum Gasteiger partial charge on any atom is 0.237 e. The van der Waals surface area contributed by atoms with Crippen molar-refractivity contribution >= 4 is 5.69 Å². The van der Waals surface area contributed by atoms with Gasteiger partial charge in [0.15, 0.2) is 5.82 Å². The van der Waals surface area contributed by atoms with Gasteiger partial charge in [-0.1, -0.05) is 23.6 Å². The topological polar surface area (TPSA) is 90.5 Å². The zero-order valence-corrected chi connectivity index (χ0v) is 12.6. The lowest BCUT2D eigenvalue weighted by atomic mass is 10.0. The number of anilines is 1. The van der Waals surface area contributed by atoms with Gasteiger partial charge in [0.25, 0.3) is 0 Å². The van der Waals surface area contributed by atoms with Crippen molar-refractivity contribution < 1.29 is 14.6 Å². The highest BCUT2D eigenvalue weighted by Gasteiger charge is 2.19. The third kappa shape index (κ3) is 3.45. The minimum Gasteiger partial charge on any atom is -0.481 e. The molecule has 1 aromatic carbocycles. The van der Waals surface area contributed by atoms with Crippen LogP contribution >= 0.6 is 0 Å². The second-order valence-corrected chi connectivity index (χ2v) is 4.60. The van der Waals surface area contributed by atoms with Crippen LogP contribution in [0.2, 0.25) is 0 Å². The quantitative estimate of drug-likeness (QED) is 0.661. The molecular formula is C16H17N3O3. The third-order valence-electron chi connectivity index (χ3n) is 2.94. The summed E-state index contributed by atoms with van der Waals surface area (Å²) in [6.45, 7) is 3.55. The molecule has 6 heteroatoms. The van der Waals surface area contributed by atoms with Crippen molar-refractivity contribution in [2.24, 2.45) is 0 Å². The molecule has 0 radical (unpaired) electrons. The van der Waals surface area contributed by atoms with E-state index in [1.807, 2.05) is 13.0 Å². The Hall–Kier alpha value is -2.78. The lowest BCUT2D eigenvalue weighted by Crippen LogP contribution is -2.09. The molecule has 2 rings (SSSR count). The molecule has 2 aromatic rings. The van der Waals surface area contributed by atoms with Gasteiger partial charge in [-0.25, -0.2) is 0 Å². The molecule has 0 saturated heterocycles. The van der Waals surface area contributed by atoms with Crippen molar-refractivity contribution in [1.82, 2.24) is 9.97 Å². The van der Waals surface area contributed by atoms with Gasteiger partial charge in [0, 0.05) is 18.2 Å². The molecule has 0 aliphatic carbocycles. The fourth-order valence-electron chi connectivity index (χ4n) is 1.87. The van der Waals surface area contributed by atoms with Crippen molar-refractivity contribution in [2.75, 3.05) is 12.8 Å². The number of benzene rings is 1. The molecule has 1 unspecified atom stereocenters. The second-order valence-electron chi connectivity index (χ2n) is 4.60. The smallest absolute Gasteiger partial charge is 0.237 e. The van der Waals surface area contributed by atoms with Gasteiger partial charge >= 0.3 is 0 Å². The van der Waals surface area contributed by atoms with E-state index in [-0.39, 0.29) is 17.6 Å². The van der Waals surface area contributed by atoms with Gasteiger partial charge in [-0.15, -0.1) is 0 Å². The van der Waals surface area contributed by atoms with Crippen LogP contribution in [0.5, 0.6) is 11.8 Å². The van der Waals surface area contributed by atoms with Gasteiger partial charge in [-0.2, -0.15) is 9.97 Å². The first-order chi connectivity index (χ1) is 10.5. The summed E-state index contributed by atoms with van der Waals surface area (Å²) < 4.78 is 10.2. The third-order valence-corrected chi connectivity index (χ3v) is 2.94. The summed E-state index contributed by atoms with van der Waals surface area (Å²) in [7, 11) is 1.47. The van der Waals surface area contributed by atoms with Crippen LogP contribution in [0, 0.1) is 19.0 Å². The monoisotopic (exact) mass is 299 g/mol. The highest BCUT2D eigenvalue weighted by Crippen LogP contribution is 2.28. The molecular weight excluding hydrogens is 282 g/mol.